The van der Waals surface area contributed by atoms with Gasteiger partial charge in [-0.25, -0.2) is 9.97 Å². The lowest BCUT2D eigenvalue weighted by molar-refractivity contribution is 0.173. The largest absolute Gasteiger partial charge is 0.454 e. The van der Waals surface area contributed by atoms with Gasteiger partial charge < -0.3 is 14.4 Å². The minimum atomic E-state index is 0.330. The van der Waals surface area contributed by atoms with Crippen molar-refractivity contribution in [3.8, 4) is 11.5 Å². The van der Waals surface area contributed by atoms with Crippen molar-refractivity contribution >= 4 is 11.8 Å². The molecule has 1 aromatic carbocycles. The Morgan fingerprint density at radius 2 is 1.87 bits per heavy atom. The Bertz CT molecular complexity index is 859. The molecule has 3 aliphatic rings. The van der Waals surface area contributed by atoms with Gasteiger partial charge in [0.15, 0.2) is 16.7 Å². The van der Waals surface area contributed by atoms with Gasteiger partial charge in [0.2, 0.25) is 6.79 Å². The van der Waals surface area contributed by atoms with E-state index in [0.717, 1.165) is 48.6 Å². The van der Waals surface area contributed by atoms with Crippen molar-refractivity contribution in [2.24, 2.45) is 0 Å². The van der Waals surface area contributed by atoms with Crippen LogP contribution in [0, 0.1) is 0 Å². The second-order valence-corrected chi connectivity index (χ2v) is 9.49. The molecule has 0 unspecified atom stereocenters. The summed E-state index contributed by atoms with van der Waals surface area (Å²) in [4.78, 5) is 14.5. The number of likely N-dealkylation sites (tertiary alicyclic amines) is 2. The molecular weight excluding hydrogens is 396 g/mol. The van der Waals surface area contributed by atoms with Gasteiger partial charge in [-0.1, -0.05) is 17.8 Å². The van der Waals surface area contributed by atoms with Crippen LogP contribution in [0.2, 0.25) is 0 Å². The minimum Gasteiger partial charge on any atom is -0.454 e. The van der Waals surface area contributed by atoms with E-state index in [2.05, 4.69) is 33.0 Å². The molecule has 4 heterocycles. The van der Waals surface area contributed by atoms with E-state index in [1.807, 2.05) is 12.3 Å². The summed E-state index contributed by atoms with van der Waals surface area (Å²) in [5.41, 5.74) is 2.48. The number of aromatic nitrogens is 2. The number of thioether (sulfide) groups is 1. The molecule has 0 radical (unpaired) electrons. The molecule has 6 nitrogen and oxygen atoms in total. The smallest absolute Gasteiger partial charge is 0.231 e. The van der Waals surface area contributed by atoms with Gasteiger partial charge in [-0.2, -0.15) is 0 Å². The molecule has 30 heavy (non-hydrogen) atoms. The zero-order valence-electron chi connectivity index (χ0n) is 17.5. The molecule has 1 aromatic heterocycles. The van der Waals surface area contributed by atoms with Crippen LogP contribution < -0.4 is 9.47 Å². The van der Waals surface area contributed by atoms with E-state index in [-0.39, 0.29) is 0 Å². The number of benzene rings is 1. The molecule has 0 N–H and O–H groups in total. The molecular formula is C23H30N4O2S. The van der Waals surface area contributed by atoms with Crippen LogP contribution in [0.1, 0.15) is 42.9 Å². The van der Waals surface area contributed by atoms with Crippen LogP contribution in [-0.4, -0.2) is 65.0 Å². The summed E-state index contributed by atoms with van der Waals surface area (Å²) in [5, 5.41) is 0.930. The first kappa shape index (κ1) is 20.1. The van der Waals surface area contributed by atoms with Gasteiger partial charge in [0.25, 0.3) is 0 Å². The average Bonchev–Trinajstić information content (AvgIpc) is 3.46. The molecule has 0 amide bonds. The van der Waals surface area contributed by atoms with Gasteiger partial charge in [-0.3, -0.25) is 4.90 Å². The molecule has 2 aromatic rings. The van der Waals surface area contributed by atoms with E-state index < -0.39 is 0 Å². The third-order valence-corrected chi connectivity index (χ3v) is 7.10. The summed E-state index contributed by atoms with van der Waals surface area (Å²) in [5.74, 6) is 3.27. The summed E-state index contributed by atoms with van der Waals surface area (Å²) in [6.07, 6.45) is 7.04. The maximum absolute atomic E-state index is 5.53. The number of nitrogens with zero attached hydrogens (tertiary/aromatic N) is 4. The van der Waals surface area contributed by atoms with Gasteiger partial charge in [-0.05, 0) is 69.1 Å². The molecule has 0 spiro atoms. The third-order valence-electron chi connectivity index (χ3n) is 6.26. The first-order valence-corrected chi connectivity index (χ1v) is 12.1. The fourth-order valence-corrected chi connectivity index (χ4v) is 5.50. The van der Waals surface area contributed by atoms with Crippen molar-refractivity contribution in [1.29, 1.82) is 0 Å². The highest BCUT2D eigenvalue weighted by Gasteiger charge is 2.24. The Morgan fingerprint density at radius 1 is 1.00 bits per heavy atom. The standard InChI is InChI=1S/C23H30N4O2S/c1-2-10-26(9-1)12-13-30-23-24-8-7-20(25-23)19-4-3-11-27(16-19)15-18-5-6-21-22(14-18)29-17-28-21/h5-8,14,19H,1-4,9-13,15-17H2/t19-/m0/s1. The summed E-state index contributed by atoms with van der Waals surface area (Å²) in [6.45, 7) is 7.10. The second kappa shape index (κ2) is 9.54. The maximum Gasteiger partial charge on any atom is 0.231 e. The molecule has 0 bridgehead atoms. The molecule has 0 aliphatic carbocycles. The van der Waals surface area contributed by atoms with Crippen molar-refractivity contribution in [3.63, 3.8) is 0 Å². The van der Waals surface area contributed by atoms with E-state index in [4.69, 9.17) is 14.5 Å². The van der Waals surface area contributed by atoms with E-state index >= 15 is 0 Å². The van der Waals surface area contributed by atoms with E-state index in [1.54, 1.807) is 11.8 Å². The lowest BCUT2D eigenvalue weighted by atomic mass is 9.94. The topological polar surface area (TPSA) is 50.7 Å². The van der Waals surface area contributed by atoms with Crippen molar-refractivity contribution in [2.75, 3.05) is 45.3 Å². The lowest BCUT2D eigenvalue weighted by Gasteiger charge is -2.32. The van der Waals surface area contributed by atoms with Crippen LogP contribution in [0.5, 0.6) is 11.5 Å². The maximum atomic E-state index is 5.53. The highest BCUT2D eigenvalue weighted by molar-refractivity contribution is 7.99. The van der Waals surface area contributed by atoms with Gasteiger partial charge in [0.05, 0.1) is 0 Å². The average molecular weight is 427 g/mol. The fraction of sp³-hybridized carbons (Fsp3) is 0.565. The van der Waals surface area contributed by atoms with Crippen LogP contribution in [-0.2, 0) is 6.54 Å². The summed E-state index contributed by atoms with van der Waals surface area (Å²) in [7, 11) is 0. The number of ether oxygens (including phenoxy) is 2. The number of piperidine rings is 1. The number of rotatable bonds is 7. The Labute approximate surface area is 183 Å². The third kappa shape index (κ3) is 4.90. The summed E-state index contributed by atoms with van der Waals surface area (Å²) in [6, 6.07) is 8.40. The zero-order valence-corrected chi connectivity index (χ0v) is 18.3. The SMILES string of the molecule is c1cc([C@H]2CCCN(Cc3ccc4c(c3)OCO4)C2)nc(SCCN2CCCC2)n1. The van der Waals surface area contributed by atoms with Crippen LogP contribution in [0.25, 0.3) is 0 Å². The summed E-state index contributed by atoms with van der Waals surface area (Å²) >= 11 is 1.80. The van der Waals surface area contributed by atoms with Crippen molar-refractivity contribution in [1.82, 2.24) is 19.8 Å². The highest BCUT2D eigenvalue weighted by atomic mass is 32.2. The van der Waals surface area contributed by atoms with E-state index in [0.29, 0.717) is 12.7 Å². The Balaban J connectivity index is 1.17. The first-order chi connectivity index (χ1) is 14.8. The molecule has 160 valence electrons. The van der Waals surface area contributed by atoms with Gasteiger partial charge >= 0.3 is 0 Å². The molecule has 2 fully saturated rings. The number of hydrogen-bond donors (Lipinski definition) is 0. The van der Waals surface area contributed by atoms with Crippen LogP contribution in [0.15, 0.2) is 35.6 Å². The van der Waals surface area contributed by atoms with Gasteiger partial charge in [0, 0.05) is 43.2 Å². The molecule has 7 heteroatoms. The monoisotopic (exact) mass is 426 g/mol. The van der Waals surface area contributed by atoms with Crippen molar-refractivity contribution < 1.29 is 9.47 Å². The zero-order chi connectivity index (χ0) is 20.2. The van der Waals surface area contributed by atoms with Crippen LogP contribution in [0.3, 0.4) is 0 Å². The van der Waals surface area contributed by atoms with Crippen molar-refractivity contribution in [3.05, 3.63) is 41.7 Å². The minimum absolute atomic E-state index is 0.330. The first-order valence-electron chi connectivity index (χ1n) is 11.1. The molecule has 3 aliphatic heterocycles. The molecule has 5 rings (SSSR count). The molecule has 1 atom stereocenters. The van der Waals surface area contributed by atoms with Gasteiger partial charge in [0.1, 0.15) is 0 Å². The lowest BCUT2D eigenvalue weighted by Crippen LogP contribution is -2.34. The highest BCUT2D eigenvalue weighted by Crippen LogP contribution is 2.34. The summed E-state index contributed by atoms with van der Waals surface area (Å²) < 4.78 is 11.0. The predicted octanol–water partition coefficient (Wildman–Crippen LogP) is 3.77. The Morgan fingerprint density at radius 3 is 2.80 bits per heavy atom. The van der Waals surface area contributed by atoms with Gasteiger partial charge in [-0.15, -0.1) is 0 Å². The molecule has 0 saturated carbocycles. The second-order valence-electron chi connectivity index (χ2n) is 8.42. The van der Waals surface area contributed by atoms with E-state index in [1.165, 1.54) is 50.0 Å². The quantitative estimate of drug-likeness (QED) is 0.493. The Hall–Kier alpha value is -1.83. The fourth-order valence-electron chi connectivity index (χ4n) is 4.66. The van der Waals surface area contributed by atoms with E-state index in [9.17, 15) is 0 Å². The molecule has 2 saturated heterocycles. The predicted molar refractivity (Wildman–Crippen MR) is 118 cm³/mol. The number of hydrogen-bond acceptors (Lipinski definition) is 7. The van der Waals surface area contributed by atoms with Crippen LogP contribution >= 0.6 is 11.8 Å². The number of fused-ring (bicyclic) bond motifs is 1. The van der Waals surface area contributed by atoms with Crippen molar-refractivity contribution in [2.45, 2.75) is 43.3 Å². The Kier molecular flexibility index (Phi) is 6.39. The van der Waals surface area contributed by atoms with Crippen LogP contribution in [0.4, 0.5) is 0 Å². The normalized spacial score (nSPS) is 21.9.